The largest absolute Gasteiger partial charge is 0.340 e. The van der Waals surface area contributed by atoms with Crippen LogP contribution in [0.15, 0.2) is 30.3 Å². The Bertz CT molecular complexity index is 850. The van der Waals surface area contributed by atoms with Gasteiger partial charge in [0.25, 0.3) is 5.91 Å². The number of piperazine rings is 1. The number of carbonyl (C=O) groups is 3. The molecule has 2 aliphatic heterocycles. The van der Waals surface area contributed by atoms with Gasteiger partial charge in [-0.15, -0.1) is 0 Å². The Morgan fingerprint density at radius 2 is 1.75 bits per heavy atom. The summed E-state index contributed by atoms with van der Waals surface area (Å²) in [6.45, 7) is 1.28. The molecule has 0 saturated carbocycles. The van der Waals surface area contributed by atoms with E-state index < -0.39 is 28.0 Å². The number of benzene rings is 1. The lowest BCUT2D eigenvalue weighted by Gasteiger charge is -2.33. The molecule has 0 aromatic heterocycles. The molecule has 1 atom stereocenters. The fourth-order valence-electron chi connectivity index (χ4n) is 3.39. The van der Waals surface area contributed by atoms with Crippen molar-refractivity contribution >= 4 is 27.9 Å². The summed E-state index contributed by atoms with van der Waals surface area (Å²) in [5, 5.41) is 2.58. The topological polar surface area (TPSA) is 107 Å². The van der Waals surface area contributed by atoms with Gasteiger partial charge in [-0.05, 0) is 12.0 Å². The van der Waals surface area contributed by atoms with E-state index in [1.807, 2.05) is 30.3 Å². The fourth-order valence-corrected chi connectivity index (χ4v) is 4.21. The Balaban J connectivity index is 1.51. The molecule has 2 fully saturated rings. The summed E-state index contributed by atoms with van der Waals surface area (Å²) < 4.78 is 24.4. The highest BCUT2D eigenvalue weighted by atomic mass is 32.2. The van der Waals surface area contributed by atoms with E-state index in [2.05, 4.69) is 5.32 Å². The van der Waals surface area contributed by atoms with Crippen LogP contribution in [0.3, 0.4) is 0 Å². The van der Waals surface area contributed by atoms with Gasteiger partial charge >= 0.3 is 6.03 Å². The third kappa shape index (κ3) is 4.68. The molecule has 0 radical (unpaired) electrons. The van der Waals surface area contributed by atoms with Gasteiger partial charge in [-0.3, -0.25) is 14.5 Å². The maximum atomic E-state index is 12.5. The van der Waals surface area contributed by atoms with Crippen molar-refractivity contribution in [1.29, 1.82) is 0 Å². The normalized spacial score (nSPS) is 21.1. The molecule has 152 valence electrons. The molecule has 2 saturated heterocycles. The minimum atomic E-state index is -3.27. The lowest BCUT2D eigenvalue weighted by atomic mass is 10.1. The number of amides is 4. The summed E-state index contributed by atoms with van der Waals surface area (Å²) in [6, 6.07) is 8.18. The molecular formula is C18H24N4O5S. The van der Waals surface area contributed by atoms with Gasteiger partial charge < -0.3 is 10.2 Å². The van der Waals surface area contributed by atoms with Gasteiger partial charge in [-0.2, -0.15) is 4.31 Å². The van der Waals surface area contributed by atoms with Crippen LogP contribution in [0.2, 0.25) is 0 Å². The van der Waals surface area contributed by atoms with Crippen LogP contribution in [0, 0.1) is 0 Å². The lowest BCUT2D eigenvalue weighted by Crippen LogP contribution is -2.51. The maximum absolute atomic E-state index is 12.5. The summed E-state index contributed by atoms with van der Waals surface area (Å²) >= 11 is 0. The first-order chi connectivity index (χ1) is 13.3. The molecule has 9 nitrogen and oxygen atoms in total. The van der Waals surface area contributed by atoms with E-state index in [1.54, 1.807) is 0 Å². The molecule has 0 spiro atoms. The fraction of sp³-hybridized carbons (Fsp3) is 0.500. The minimum Gasteiger partial charge on any atom is -0.340 e. The number of sulfonamides is 1. The molecule has 10 heteroatoms. The molecule has 1 N–H and O–H groups in total. The summed E-state index contributed by atoms with van der Waals surface area (Å²) in [5.41, 5.74) is 1.02. The van der Waals surface area contributed by atoms with Crippen molar-refractivity contribution in [1.82, 2.24) is 19.4 Å². The van der Waals surface area contributed by atoms with Gasteiger partial charge in [0.05, 0.1) is 12.7 Å². The summed E-state index contributed by atoms with van der Waals surface area (Å²) in [6.07, 6.45) is 1.57. The number of imide groups is 1. The van der Waals surface area contributed by atoms with Gasteiger partial charge in [0.2, 0.25) is 15.9 Å². The third-order valence-electron chi connectivity index (χ3n) is 5.01. The number of nitrogens with zero attached hydrogens (tertiary/aromatic N) is 3. The van der Waals surface area contributed by atoms with Crippen LogP contribution in [0.1, 0.15) is 12.0 Å². The highest BCUT2D eigenvalue weighted by Gasteiger charge is 2.39. The highest BCUT2D eigenvalue weighted by molar-refractivity contribution is 7.88. The number of hydrogen-bond donors (Lipinski definition) is 1. The second kappa shape index (κ2) is 8.27. The first-order valence-electron chi connectivity index (χ1n) is 9.14. The van der Waals surface area contributed by atoms with Crippen molar-refractivity contribution in [2.75, 3.05) is 39.0 Å². The summed E-state index contributed by atoms with van der Waals surface area (Å²) in [4.78, 5) is 39.8. The quantitative estimate of drug-likeness (QED) is 0.647. The van der Waals surface area contributed by atoms with Crippen LogP contribution in [-0.4, -0.2) is 85.4 Å². The van der Waals surface area contributed by atoms with Crippen LogP contribution >= 0.6 is 0 Å². The molecule has 3 rings (SSSR count). The Hall–Kier alpha value is -2.46. The molecule has 1 aromatic rings. The standard InChI is InChI=1S/C18H24N4O5S/c1-28(26,27)21-11-9-20(10-12-21)16(23)13-15-17(24)22(18(25)19-15)8-7-14-5-3-2-4-6-14/h2-6,15H,7-13H2,1H3,(H,19,25). The van der Waals surface area contributed by atoms with E-state index in [1.165, 1.54) is 9.21 Å². The van der Waals surface area contributed by atoms with Crippen LogP contribution in [-0.2, 0) is 26.0 Å². The van der Waals surface area contributed by atoms with E-state index in [0.29, 0.717) is 6.42 Å². The van der Waals surface area contributed by atoms with Crippen molar-refractivity contribution in [3.8, 4) is 0 Å². The smallest absolute Gasteiger partial charge is 0.324 e. The van der Waals surface area contributed by atoms with E-state index in [-0.39, 0.29) is 45.1 Å². The van der Waals surface area contributed by atoms with Gasteiger partial charge in [-0.1, -0.05) is 30.3 Å². The van der Waals surface area contributed by atoms with Crippen LogP contribution < -0.4 is 5.32 Å². The van der Waals surface area contributed by atoms with Gasteiger partial charge in [0.15, 0.2) is 0 Å². The average Bonchev–Trinajstić information content (AvgIpc) is 2.93. The second-order valence-corrected chi connectivity index (χ2v) is 8.96. The Morgan fingerprint density at radius 3 is 2.36 bits per heavy atom. The van der Waals surface area contributed by atoms with Crippen molar-refractivity contribution in [3.05, 3.63) is 35.9 Å². The highest BCUT2D eigenvalue weighted by Crippen LogP contribution is 2.14. The molecule has 2 aliphatic rings. The molecule has 2 heterocycles. The molecule has 1 aromatic carbocycles. The molecule has 0 bridgehead atoms. The average molecular weight is 408 g/mol. The predicted molar refractivity (Wildman–Crippen MR) is 102 cm³/mol. The van der Waals surface area contributed by atoms with E-state index in [0.717, 1.165) is 16.7 Å². The van der Waals surface area contributed by atoms with Crippen molar-refractivity contribution < 1.29 is 22.8 Å². The molecule has 28 heavy (non-hydrogen) atoms. The first kappa shape index (κ1) is 20.3. The first-order valence-corrected chi connectivity index (χ1v) is 11.0. The molecule has 0 aliphatic carbocycles. The predicted octanol–water partition coefficient (Wildman–Crippen LogP) is -0.357. The number of carbonyl (C=O) groups excluding carboxylic acids is 3. The van der Waals surface area contributed by atoms with Crippen LogP contribution in [0.4, 0.5) is 4.79 Å². The lowest BCUT2D eigenvalue weighted by molar-refractivity contribution is -0.136. The van der Waals surface area contributed by atoms with E-state index >= 15 is 0 Å². The number of hydrogen-bond acceptors (Lipinski definition) is 5. The number of urea groups is 1. The Labute approximate surface area is 164 Å². The molecular weight excluding hydrogens is 384 g/mol. The Kier molecular flexibility index (Phi) is 5.99. The van der Waals surface area contributed by atoms with Gasteiger partial charge in [-0.25, -0.2) is 13.2 Å². The molecule has 4 amide bonds. The summed E-state index contributed by atoms with van der Waals surface area (Å²) in [5.74, 6) is -0.666. The number of nitrogens with one attached hydrogen (secondary N) is 1. The number of rotatable bonds is 6. The van der Waals surface area contributed by atoms with Crippen LogP contribution in [0.25, 0.3) is 0 Å². The van der Waals surface area contributed by atoms with Gasteiger partial charge in [0, 0.05) is 32.7 Å². The summed E-state index contributed by atoms with van der Waals surface area (Å²) in [7, 11) is -3.27. The van der Waals surface area contributed by atoms with Gasteiger partial charge in [0.1, 0.15) is 6.04 Å². The second-order valence-electron chi connectivity index (χ2n) is 6.97. The van der Waals surface area contributed by atoms with Crippen molar-refractivity contribution in [3.63, 3.8) is 0 Å². The van der Waals surface area contributed by atoms with E-state index in [4.69, 9.17) is 0 Å². The monoisotopic (exact) mass is 408 g/mol. The molecule has 1 unspecified atom stereocenters. The zero-order valence-corrected chi connectivity index (χ0v) is 16.5. The minimum absolute atomic E-state index is 0.120. The van der Waals surface area contributed by atoms with Crippen molar-refractivity contribution in [2.24, 2.45) is 0 Å². The zero-order valence-electron chi connectivity index (χ0n) is 15.7. The Morgan fingerprint density at radius 1 is 1.11 bits per heavy atom. The zero-order chi connectivity index (χ0) is 20.3. The third-order valence-corrected chi connectivity index (χ3v) is 6.32. The van der Waals surface area contributed by atoms with E-state index in [9.17, 15) is 22.8 Å². The van der Waals surface area contributed by atoms with Crippen LogP contribution in [0.5, 0.6) is 0 Å². The maximum Gasteiger partial charge on any atom is 0.324 e. The van der Waals surface area contributed by atoms with Crippen molar-refractivity contribution in [2.45, 2.75) is 18.9 Å². The SMILES string of the molecule is CS(=O)(=O)N1CCN(C(=O)CC2NC(=O)N(CCc3ccccc3)C2=O)CC1.